The zero-order valence-corrected chi connectivity index (χ0v) is 15.0. The number of benzene rings is 2. The number of nitro benzene ring substituents is 1. The first-order valence-corrected chi connectivity index (χ1v) is 8.38. The molecule has 0 aliphatic heterocycles. The zero-order valence-electron chi connectivity index (χ0n) is 15.0. The third-order valence-electron chi connectivity index (χ3n) is 3.76. The van der Waals surface area contributed by atoms with E-state index in [1.165, 1.54) is 12.1 Å². The Balaban J connectivity index is 1.55. The van der Waals surface area contributed by atoms with Gasteiger partial charge in [0.15, 0.2) is 6.61 Å². The lowest BCUT2D eigenvalue weighted by Gasteiger charge is -2.10. The number of nitro groups is 1. The fraction of sp³-hybridized carbons (Fsp3) is 0.100. The van der Waals surface area contributed by atoms with E-state index in [1.807, 2.05) is 6.07 Å². The number of anilines is 1. The number of nitrogens with zero attached hydrogens (tertiary/aromatic N) is 2. The van der Waals surface area contributed by atoms with Gasteiger partial charge in [-0.05, 0) is 42.8 Å². The second-order valence-electron chi connectivity index (χ2n) is 5.83. The Kier molecular flexibility index (Phi) is 5.81. The minimum Gasteiger partial charge on any atom is -0.484 e. The maximum Gasteiger partial charge on any atom is 0.271 e. The van der Waals surface area contributed by atoms with Crippen molar-refractivity contribution in [1.82, 2.24) is 4.98 Å². The minimum atomic E-state index is -0.514. The topological polar surface area (TPSA) is 104 Å². The van der Waals surface area contributed by atoms with Gasteiger partial charge in [-0.3, -0.25) is 14.9 Å². The largest absolute Gasteiger partial charge is 0.484 e. The number of amides is 1. The van der Waals surface area contributed by atoms with Gasteiger partial charge in [-0.25, -0.2) is 4.98 Å². The Morgan fingerprint density at radius 2 is 1.86 bits per heavy atom. The maximum absolute atomic E-state index is 12.1. The summed E-state index contributed by atoms with van der Waals surface area (Å²) in [6.45, 7) is 1.52. The van der Waals surface area contributed by atoms with Crippen LogP contribution < -0.4 is 14.8 Å². The van der Waals surface area contributed by atoms with Crippen LogP contribution >= 0.6 is 0 Å². The lowest BCUT2D eigenvalue weighted by molar-refractivity contribution is -0.384. The summed E-state index contributed by atoms with van der Waals surface area (Å²) >= 11 is 0. The third kappa shape index (κ3) is 5.04. The van der Waals surface area contributed by atoms with Crippen LogP contribution in [-0.4, -0.2) is 22.4 Å². The predicted molar refractivity (Wildman–Crippen MR) is 103 cm³/mol. The van der Waals surface area contributed by atoms with Crippen LogP contribution in [0.2, 0.25) is 0 Å². The van der Waals surface area contributed by atoms with Crippen molar-refractivity contribution in [2.45, 2.75) is 6.92 Å². The van der Waals surface area contributed by atoms with Gasteiger partial charge in [0.2, 0.25) is 5.88 Å². The van der Waals surface area contributed by atoms with Crippen molar-refractivity contribution in [2.24, 2.45) is 0 Å². The van der Waals surface area contributed by atoms with Crippen LogP contribution in [0, 0.1) is 17.0 Å². The maximum atomic E-state index is 12.1. The molecule has 2 aromatic carbocycles. The van der Waals surface area contributed by atoms with Gasteiger partial charge in [0.05, 0.1) is 10.6 Å². The van der Waals surface area contributed by atoms with E-state index in [0.29, 0.717) is 23.1 Å². The quantitative estimate of drug-likeness (QED) is 0.489. The van der Waals surface area contributed by atoms with E-state index in [-0.39, 0.29) is 12.3 Å². The molecule has 0 atom stereocenters. The van der Waals surface area contributed by atoms with E-state index >= 15 is 0 Å². The smallest absolute Gasteiger partial charge is 0.271 e. The molecule has 28 heavy (non-hydrogen) atoms. The molecule has 0 bridgehead atoms. The fourth-order valence-electron chi connectivity index (χ4n) is 2.33. The summed E-state index contributed by atoms with van der Waals surface area (Å²) in [6, 6.07) is 16.4. The summed E-state index contributed by atoms with van der Waals surface area (Å²) in [6.07, 6.45) is 1.63. The molecule has 8 heteroatoms. The normalized spacial score (nSPS) is 10.2. The molecule has 1 aromatic heterocycles. The van der Waals surface area contributed by atoms with E-state index in [9.17, 15) is 14.9 Å². The SMILES string of the molecule is Cc1ccc([N+](=O)[O-])cc1NC(=O)COc1ccc(Oc2ccccn2)cc1. The summed E-state index contributed by atoms with van der Waals surface area (Å²) in [5.41, 5.74) is 1.00. The Morgan fingerprint density at radius 1 is 1.11 bits per heavy atom. The molecule has 0 aliphatic rings. The van der Waals surface area contributed by atoms with E-state index in [0.717, 1.165) is 5.56 Å². The van der Waals surface area contributed by atoms with Crippen molar-refractivity contribution in [3.05, 3.63) is 82.5 Å². The minimum absolute atomic E-state index is 0.0923. The summed E-state index contributed by atoms with van der Waals surface area (Å²) in [4.78, 5) is 26.5. The molecule has 0 unspecified atom stereocenters. The average Bonchev–Trinajstić information content (AvgIpc) is 2.70. The van der Waals surface area contributed by atoms with Gasteiger partial charge in [0.1, 0.15) is 11.5 Å². The highest BCUT2D eigenvalue weighted by molar-refractivity contribution is 5.93. The van der Waals surface area contributed by atoms with Crippen LogP contribution in [0.1, 0.15) is 5.56 Å². The lowest BCUT2D eigenvalue weighted by atomic mass is 10.2. The van der Waals surface area contributed by atoms with Gasteiger partial charge in [-0.1, -0.05) is 12.1 Å². The number of hydrogen-bond donors (Lipinski definition) is 1. The van der Waals surface area contributed by atoms with Crippen LogP contribution in [0.5, 0.6) is 17.4 Å². The molecule has 1 amide bonds. The number of aryl methyl sites for hydroxylation is 1. The number of non-ortho nitro benzene ring substituents is 1. The van der Waals surface area contributed by atoms with Crippen molar-refractivity contribution in [1.29, 1.82) is 0 Å². The number of carbonyl (C=O) groups excluding carboxylic acids is 1. The first-order valence-electron chi connectivity index (χ1n) is 8.38. The second kappa shape index (κ2) is 8.63. The van der Waals surface area contributed by atoms with E-state index < -0.39 is 10.8 Å². The molecular formula is C20H17N3O5. The van der Waals surface area contributed by atoms with Crippen LogP contribution in [0.4, 0.5) is 11.4 Å². The van der Waals surface area contributed by atoms with E-state index in [2.05, 4.69) is 10.3 Å². The first-order chi connectivity index (χ1) is 13.5. The number of ether oxygens (including phenoxy) is 2. The van der Waals surface area contributed by atoms with Gasteiger partial charge in [0.25, 0.3) is 11.6 Å². The molecular weight excluding hydrogens is 362 g/mol. The molecule has 0 saturated heterocycles. The Hall–Kier alpha value is -3.94. The summed E-state index contributed by atoms with van der Waals surface area (Å²) in [5.74, 6) is 1.13. The Labute approximate surface area is 160 Å². The molecule has 3 rings (SSSR count). The number of carbonyl (C=O) groups is 1. The number of nitrogens with one attached hydrogen (secondary N) is 1. The van der Waals surface area contributed by atoms with Crippen molar-refractivity contribution in [2.75, 3.05) is 11.9 Å². The van der Waals surface area contributed by atoms with Gasteiger partial charge >= 0.3 is 0 Å². The molecule has 0 radical (unpaired) electrons. The lowest BCUT2D eigenvalue weighted by Crippen LogP contribution is -2.20. The summed E-state index contributed by atoms with van der Waals surface area (Å²) in [7, 11) is 0. The number of hydrogen-bond acceptors (Lipinski definition) is 6. The monoisotopic (exact) mass is 379 g/mol. The van der Waals surface area contributed by atoms with E-state index in [1.54, 1.807) is 55.6 Å². The standard InChI is InChI=1S/C20H17N3O5/c1-14-5-6-15(23(25)26)12-18(14)22-19(24)13-27-16-7-9-17(10-8-16)28-20-4-2-3-11-21-20/h2-12H,13H2,1H3,(H,22,24). The fourth-order valence-corrected chi connectivity index (χ4v) is 2.33. The molecule has 0 aliphatic carbocycles. The van der Waals surface area contributed by atoms with Crippen molar-refractivity contribution in [3.63, 3.8) is 0 Å². The molecule has 1 N–H and O–H groups in total. The summed E-state index contributed by atoms with van der Waals surface area (Å²) in [5, 5.41) is 13.5. The number of aromatic nitrogens is 1. The zero-order chi connectivity index (χ0) is 19.9. The highest BCUT2D eigenvalue weighted by atomic mass is 16.6. The van der Waals surface area contributed by atoms with Crippen LogP contribution in [0.15, 0.2) is 66.9 Å². The molecule has 8 nitrogen and oxygen atoms in total. The van der Waals surface area contributed by atoms with Crippen LogP contribution in [0.25, 0.3) is 0 Å². The molecule has 142 valence electrons. The highest BCUT2D eigenvalue weighted by Gasteiger charge is 2.11. The average molecular weight is 379 g/mol. The van der Waals surface area contributed by atoms with Gasteiger partial charge in [0, 0.05) is 24.4 Å². The van der Waals surface area contributed by atoms with Gasteiger partial charge in [-0.15, -0.1) is 0 Å². The summed E-state index contributed by atoms with van der Waals surface area (Å²) < 4.78 is 11.0. The number of rotatable bonds is 7. The second-order valence-corrected chi connectivity index (χ2v) is 5.83. The van der Waals surface area contributed by atoms with Crippen LogP contribution in [0.3, 0.4) is 0 Å². The molecule has 3 aromatic rings. The Morgan fingerprint density at radius 3 is 2.54 bits per heavy atom. The number of pyridine rings is 1. The first kappa shape index (κ1) is 18.8. The molecule has 0 fully saturated rings. The predicted octanol–water partition coefficient (Wildman–Crippen LogP) is 4.11. The van der Waals surface area contributed by atoms with Crippen molar-refractivity contribution >= 4 is 17.3 Å². The van der Waals surface area contributed by atoms with Crippen molar-refractivity contribution < 1.29 is 19.2 Å². The van der Waals surface area contributed by atoms with E-state index in [4.69, 9.17) is 9.47 Å². The van der Waals surface area contributed by atoms with Gasteiger partial charge < -0.3 is 14.8 Å². The van der Waals surface area contributed by atoms with Crippen LogP contribution in [-0.2, 0) is 4.79 Å². The molecule has 0 spiro atoms. The molecule has 0 saturated carbocycles. The molecule has 1 heterocycles. The van der Waals surface area contributed by atoms with Gasteiger partial charge in [-0.2, -0.15) is 0 Å². The highest BCUT2D eigenvalue weighted by Crippen LogP contribution is 2.23. The Bertz CT molecular complexity index is 975. The van der Waals surface area contributed by atoms with Crippen molar-refractivity contribution in [3.8, 4) is 17.4 Å². The third-order valence-corrected chi connectivity index (χ3v) is 3.76.